The molecular formula is C22H25N3O5S. The Morgan fingerprint density at radius 3 is 2.48 bits per heavy atom. The second-order valence-electron chi connectivity index (χ2n) is 7.62. The van der Waals surface area contributed by atoms with E-state index in [1.54, 1.807) is 29.2 Å². The van der Waals surface area contributed by atoms with Crippen LogP contribution in [-0.4, -0.2) is 57.4 Å². The van der Waals surface area contributed by atoms with Crippen LogP contribution < -0.4 is 10.2 Å². The molecule has 0 saturated carbocycles. The molecule has 0 bridgehead atoms. The lowest BCUT2D eigenvalue weighted by atomic mass is 10.1. The summed E-state index contributed by atoms with van der Waals surface area (Å²) in [5.41, 5.74) is 2.32. The van der Waals surface area contributed by atoms with Crippen LogP contribution in [0.25, 0.3) is 0 Å². The van der Waals surface area contributed by atoms with E-state index in [4.69, 9.17) is 4.74 Å². The summed E-state index contributed by atoms with van der Waals surface area (Å²) in [6.07, 6.45) is 1.39. The smallest absolute Gasteiger partial charge is 0.257 e. The zero-order valence-electron chi connectivity index (χ0n) is 17.3. The van der Waals surface area contributed by atoms with Crippen molar-refractivity contribution in [2.24, 2.45) is 0 Å². The second kappa shape index (κ2) is 8.78. The number of hydrogen-bond donors (Lipinski definition) is 1. The highest BCUT2D eigenvalue weighted by atomic mass is 32.2. The van der Waals surface area contributed by atoms with Crippen molar-refractivity contribution < 1.29 is 22.7 Å². The first-order valence-electron chi connectivity index (χ1n) is 10.3. The minimum absolute atomic E-state index is 0.0228. The van der Waals surface area contributed by atoms with Crippen LogP contribution in [0.2, 0.25) is 0 Å². The van der Waals surface area contributed by atoms with Gasteiger partial charge < -0.3 is 15.0 Å². The normalized spacial score (nSPS) is 17.7. The lowest BCUT2D eigenvalue weighted by molar-refractivity contribution is -0.117. The second-order valence-corrected chi connectivity index (χ2v) is 9.52. The van der Waals surface area contributed by atoms with E-state index in [1.807, 2.05) is 13.0 Å². The summed E-state index contributed by atoms with van der Waals surface area (Å²) in [6.45, 7) is 3.76. The predicted octanol–water partition coefficient (Wildman–Crippen LogP) is 2.40. The largest absolute Gasteiger partial charge is 0.379 e. The number of ether oxygens (including phenoxy) is 1. The maximum atomic E-state index is 13.1. The average molecular weight is 444 g/mol. The maximum Gasteiger partial charge on any atom is 0.257 e. The van der Waals surface area contributed by atoms with Crippen molar-refractivity contribution in [3.8, 4) is 0 Å². The Bertz CT molecular complexity index is 1110. The highest BCUT2D eigenvalue weighted by Gasteiger charge is 2.30. The number of amides is 2. The van der Waals surface area contributed by atoms with Gasteiger partial charge in [0.15, 0.2) is 0 Å². The van der Waals surface area contributed by atoms with Gasteiger partial charge in [-0.15, -0.1) is 0 Å². The maximum absolute atomic E-state index is 13.1. The number of benzene rings is 2. The van der Waals surface area contributed by atoms with E-state index in [0.29, 0.717) is 31.9 Å². The van der Waals surface area contributed by atoms with Gasteiger partial charge in [0.1, 0.15) is 0 Å². The Morgan fingerprint density at radius 2 is 1.81 bits per heavy atom. The van der Waals surface area contributed by atoms with Crippen molar-refractivity contribution in [2.75, 3.05) is 43.1 Å². The van der Waals surface area contributed by atoms with Gasteiger partial charge in [-0.1, -0.05) is 12.1 Å². The molecule has 0 aliphatic carbocycles. The van der Waals surface area contributed by atoms with Crippen molar-refractivity contribution >= 4 is 33.2 Å². The Kier molecular flexibility index (Phi) is 6.08. The molecule has 0 atom stereocenters. The number of nitrogens with zero attached hydrogens (tertiary/aromatic N) is 2. The summed E-state index contributed by atoms with van der Waals surface area (Å²) < 4.78 is 32.8. The first-order valence-corrected chi connectivity index (χ1v) is 11.7. The van der Waals surface area contributed by atoms with E-state index in [0.717, 1.165) is 17.7 Å². The van der Waals surface area contributed by atoms with E-state index in [2.05, 4.69) is 5.32 Å². The standard InChI is InChI=1S/C22H25N3O5S/c1-16-15-17(8-9-19(16)25-10-4-7-21(25)26)23-22(27)18-5-2-3-6-20(18)31(28,29)24-11-13-30-14-12-24/h2-3,5-6,8-9,15H,4,7,10-14H2,1H3,(H,23,27). The fourth-order valence-corrected chi connectivity index (χ4v) is 5.54. The molecule has 2 heterocycles. The third-order valence-electron chi connectivity index (χ3n) is 5.54. The van der Waals surface area contributed by atoms with Crippen molar-refractivity contribution in [3.05, 3.63) is 53.6 Å². The van der Waals surface area contributed by atoms with Gasteiger partial charge in [0.2, 0.25) is 15.9 Å². The Hall–Kier alpha value is -2.75. The molecule has 2 aliphatic heterocycles. The quantitative estimate of drug-likeness (QED) is 0.766. The van der Waals surface area contributed by atoms with Crippen LogP contribution in [0.15, 0.2) is 47.4 Å². The van der Waals surface area contributed by atoms with Crippen molar-refractivity contribution in [1.82, 2.24) is 4.31 Å². The van der Waals surface area contributed by atoms with Gasteiger partial charge in [0.25, 0.3) is 5.91 Å². The summed E-state index contributed by atoms with van der Waals surface area (Å²) in [6, 6.07) is 11.5. The van der Waals surface area contributed by atoms with E-state index in [1.165, 1.54) is 16.4 Å². The number of anilines is 2. The summed E-state index contributed by atoms with van der Waals surface area (Å²) in [5.74, 6) is -0.404. The number of carbonyl (C=O) groups is 2. The fraction of sp³-hybridized carbons (Fsp3) is 0.364. The summed E-state index contributed by atoms with van der Waals surface area (Å²) >= 11 is 0. The minimum Gasteiger partial charge on any atom is -0.379 e. The monoisotopic (exact) mass is 443 g/mol. The summed E-state index contributed by atoms with van der Waals surface area (Å²) in [7, 11) is -3.81. The van der Waals surface area contributed by atoms with Crippen molar-refractivity contribution in [1.29, 1.82) is 0 Å². The molecule has 2 aliphatic rings. The number of carbonyl (C=O) groups excluding carboxylic acids is 2. The van der Waals surface area contributed by atoms with Crippen molar-refractivity contribution in [3.63, 3.8) is 0 Å². The van der Waals surface area contributed by atoms with E-state index < -0.39 is 15.9 Å². The van der Waals surface area contributed by atoms with Crippen LogP contribution in [0.3, 0.4) is 0 Å². The van der Waals surface area contributed by atoms with Gasteiger partial charge in [-0.25, -0.2) is 8.42 Å². The average Bonchev–Trinajstić information content (AvgIpc) is 3.20. The fourth-order valence-electron chi connectivity index (χ4n) is 3.94. The zero-order chi connectivity index (χ0) is 22.0. The predicted molar refractivity (Wildman–Crippen MR) is 117 cm³/mol. The van der Waals surface area contributed by atoms with Crippen LogP contribution >= 0.6 is 0 Å². The van der Waals surface area contributed by atoms with Crippen LogP contribution in [0.4, 0.5) is 11.4 Å². The van der Waals surface area contributed by atoms with Crippen LogP contribution in [0.1, 0.15) is 28.8 Å². The molecule has 9 heteroatoms. The van der Waals surface area contributed by atoms with E-state index in [-0.39, 0.29) is 29.5 Å². The molecule has 0 radical (unpaired) electrons. The van der Waals surface area contributed by atoms with Crippen LogP contribution in [0.5, 0.6) is 0 Å². The minimum atomic E-state index is -3.81. The van der Waals surface area contributed by atoms with Gasteiger partial charge in [-0.2, -0.15) is 4.31 Å². The summed E-state index contributed by atoms with van der Waals surface area (Å²) in [4.78, 5) is 26.7. The number of sulfonamides is 1. The molecule has 4 rings (SSSR count). The molecular weight excluding hydrogens is 418 g/mol. The molecule has 2 saturated heterocycles. The first kappa shape index (κ1) is 21.5. The van der Waals surface area contributed by atoms with E-state index >= 15 is 0 Å². The number of nitrogens with one attached hydrogen (secondary N) is 1. The molecule has 1 N–H and O–H groups in total. The highest BCUT2D eigenvalue weighted by molar-refractivity contribution is 7.89. The number of morpholine rings is 1. The molecule has 8 nitrogen and oxygen atoms in total. The van der Waals surface area contributed by atoms with Crippen molar-refractivity contribution in [2.45, 2.75) is 24.7 Å². The van der Waals surface area contributed by atoms with Gasteiger partial charge in [0, 0.05) is 37.4 Å². The number of rotatable bonds is 5. The molecule has 31 heavy (non-hydrogen) atoms. The zero-order valence-corrected chi connectivity index (χ0v) is 18.2. The molecule has 164 valence electrons. The number of aryl methyl sites for hydroxylation is 1. The van der Waals surface area contributed by atoms with E-state index in [9.17, 15) is 18.0 Å². The van der Waals surface area contributed by atoms with Gasteiger partial charge in [-0.3, -0.25) is 9.59 Å². The molecule has 2 aromatic rings. The lowest BCUT2D eigenvalue weighted by Gasteiger charge is -2.26. The van der Waals surface area contributed by atoms with Crippen LogP contribution in [0, 0.1) is 6.92 Å². The Morgan fingerprint density at radius 1 is 1.06 bits per heavy atom. The Labute approximate surface area is 181 Å². The van der Waals surface area contributed by atoms with Gasteiger partial charge in [-0.05, 0) is 49.2 Å². The summed E-state index contributed by atoms with van der Waals surface area (Å²) in [5, 5.41) is 2.79. The third kappa shape index (κ3) is 4.34. The molecule has 0 spiro atoms. The number of hydrogen-bond acceptors (Lipinski definition) is 5. The third-order valence-corrected chi connectivity index (χ3v) is 7.50. The lowest BCUT2D eigenvalue weighted by Crippen LogP contribution is -2.41. The topological polar surface area (TPSA) is 96.0 Å². The SMILES string of the molecule is Cc1cc(NC(=O)c2ccccc2S(=O)(=O)N2CCOCC2)ccc1N1CCCC1=O. The molecule has 2 aromatic carbocycles. The van der Waals surface area contributed by atoms with Gasteiger partial charge >= 0.3 is 0 Å². The van der Waals surface area contributed by atoms with Crippen LogP contribution in [-0.2, 0) is 19.6 Å². The molecule has 0 unspecified atom stereocenters. The highest BCUT2D eigenvalue weighted by Crippen LogP contribution is 2.28. The first-order chi connectivity index (χ1) is 14.9. The molecule has 2 amide bonds. The Balaban J connectivity index is 1.57. The molecule has 2 fully saturated rings. The van der Waals surface area contributed by atoms with Gasteiger partial charge in [0.05, 0.1) is 23.7 Å². The molecule has 0 aromatic heterocycles.